The Hall–Kier alpha value is -2.79. The van der Waals surface area contributed by atoms with E-state index in [0.717, 1.165) is 42.7 Å². The van der Waals surface area contributed by atoms with Gasteiger partial charge in [0.25, 0.3) is 0 Å². The van der Waals surface area contributed by atoms with Gasteiger partial charge in [-0.1, -0.05) is 41.9 Å². The van der Waals surface area contributed by atoms with Gasteiger partial charge in [0.2, 0.25) is 5.91 Å². The summed E-state index contributed by atoms with van der Waals surface area (Å²) < 4.78 is 0. The van der Waals surface area contributed by atoms with E-state index in [-0.39, 0.29) is 23.6 Å². The van der Waals surface area contributed by atoms with Crippen LogP contribution in [0.15, 0.2) is 54.6 Å². The Labute approximate surface area is 181 Å². The molecule has 0 aliphatic carbocycles. The number of halogens is 1. The lowest BCUT2D eigenvalue weighted by Crippen LogP contribution is -2.42. The summed E-state index contributed by atoms with van der Waals surface area (Å²) in [5.74, 6) is 1.18. The number of phenols is 1. The van der Waals surface area contributed by atoms with Crippen molar-refractivity contribution in [2.45, 2.75) is 25.8 Å². The Kier molecular flexibility index (Phi) is 5.82. The highest BCUT2D eigenvalue weighted by Gasteiger charge is 2.30. The Morgan fingerprint density at radius 2 is 1.87 bits per heavy atom. The van der Waals surface area contributed by atoms with E-state index in [2.05, 4.69) is 9.88 Å². The van der Waals surface area contributed by atoms with Gasteiger partial charge >= 0.3 is 0 Å². The first kappa shape index (κ1) is 20.5. The molecule has 1 fully saturated rings. The Bertz CT molecular complexity index is 1060. The van der Waals surface area contributed by atoms with Gasteiger partial charge in [0, 0.05) is 36.5 Å². The van der Waals surface area contributed by atoms with E-state index < -0.39 is 0 Å². The van der Waals surface area contributed by atoms with Crippen LogP contribution in [0.5, 0.6) is 5.75 Å². The second-order valence-electron chi connectivity index (χ2n) is 7.93. The average Bonchev–Trinajstić information content (AvgIpc) is 2.78. The van der Waals surface area contributed by atoms with E-state index in [4.69, 9.17) is 11.6 Å². The molecule has 5 nitrogen and oxygen atoms in total. The number of carbonyl (C=O) groups is 1. The van der Waals surface area contributed by atoms with Gasteiger partial charge in [-0.3, -0.25) is 4.79 Å². The van der Waals surface area contributed by atoms with Crippen LogP contribution in [0, 0.1) is 5.92 Å². The molecule has 1 amide bonds. The summed E-state index contributed by atoms with van der Waals surface area (Å²) in [7, 11) is 1.86. The molecule has 1 aromatic heterocycles. The summed E-state index contributed by atoms with van der Waals surface area (Å²) >= 11 is 6.32. The number of phenolic OH excluding ortho intramolecular Hbond substituents is 1. The number of aromatic hydroxyl groups is 1. The van der Waals surface area contributed by atoms with Gasteiger partial charge in [-0.2, -0.15) is 0 Å². The molecule has 156 valence electrons. The van der Waals surface area contributed by atoms with Crippen LogP contribution in [0.2, 0.25) is 5.02 Å². The van der Waals surface area contributed by atoms with Crippen molar-refractivity contribution in [2.75, 3.05) is 25.0 Å². The van der Waals surface area contributed by atoms with Gasteiger partial charge in [-0.15, -0.1) is 0 Å². The fourth-order valence-corrected chi connectivity index (χ4v) is 4.45. The largest absolute Gasteiger partial charge is 0.506 e. The number of para-hydroxylation sites is 1. The molecule has 30 heavy (non-hydrogen) atoms. The lowest BCUT2D eigenvalue weighted by atomic mass is 9.94. The minimum absolute atomic E-state index is 0.00922. The Balaban J connectivity index is 1.42. The molecular formula is C24H26ClN3O2. The molecule has 1 atom stereocenters. The number of piperidine rings is 1. The fraction of sp³-hybridized carbons (Fsp3) is 0.333. The molecule has 0 spiro atoms. The maximum atomic E-state index is 13.1. The molecule has 3 aromatic rings. The van der Waals surface area contributed by atoms with Crippen molar-refractivity contribution >= 4 is 34.2 Å². The van der Waals surface area contributed by atoms with Gasteiger partial charge in [-0.25, -0.2) is 4.98 Å². The molecule has 0 radical (unpaired) electrons. The molecule has 1 N–H and O–H groups in total. The van der Waals surface area contributed by atoms with E-state index in [0.29, 0.717) is 10.5 Å². The first-order valence-electron chi connectivity index (χ1n) is 10.3. The fourth-order valence-electron chi connectivity index (χ4n) is 4.15. The van der Waals surface area contributed by atoms with Gasteiger partial charge in [0.1, 0.15) is 17.1 Å². The number of benzene rings is 2. The molecule has 2 aromatic carbocycles. The van der Waals surface area contributed by atoms with Gasteiger partial charge in [-0.05, 0) is 49.6 Å². The molecular weight excluding hydrogens is 398 g/mol. The maximum Gasteiger partial charge on any atom is 0.226 e. The summed E-state index contributed by atoms with van der Waals surface area (Å²) in [6.45, 7) is 3.54. The second kappa shape index (κ2) is 8.52. The van der Waals surface area contributed by atoms with Crippen LogP contribution in [-0.2, 0) is 4.79 Å². The number of nitrogens with zero attached hydrogens (tertiary/aromatic N) is 3. The number of rotatable bonds is 4. The van der Waals surface area contributed by atoms with E-state index in [9.17, 15) is 9.90 Å². The van der Waals surface area contributed by atoms with Crippen molar-refractivity contribution in [2.24, 2.45) is 5.92 Å². The van der Waals surface area contributed by atoms with Crippen LogP contribution in [-0.4, -0.2) is 41.0 Å². The highest BCUT2D eigenvalue weighted by Crippen LogP contribution is 2.31. The number of amides is 1. The standard InChI is InChI=1S/C24H26ClN3O2/c1-16(19-7-3-4-8-20(19)25)27(2)24(30)18-12-14-28(15-13-18)22-11-10-17-6-5-9-21(29)23(17)26-22/h3-11,16,18,29H,12-15H2,1-2H3/t16-/m1/s1. The van der Waals surface area contributed by atoms with E-state index in [1.54, 1.807) is 6.07 Å². The van der Waals surface area contributed by atoms with Crippen LogP contribution in [0.1, 0.15) is 31.4 Å². The summed E-state index contributed by atoms with van der Waals surface area (Å²) in [6, 6.07) is 17.0. The quantitative estimate of drug-likeness (QED) is 0.639. The number of pyridine rings is 1. The molecule has 1 saturated heterocycles. The van der Waals surface area contributed by atoms with Crippen LogP contribution >= 0.6 is 11.6 Å². The number of hydrogen-bond acceptors (Lipinski definition) is 4. The van der Waals surface area contributed by atoms with Crippen LogP contribution < -0.4 is 4.90 Å². The molecule has 4 rings (SSSR count). The third-order valence-corrected chi connectivity index (χ3v) is 6.48. The van der Waals surface area contributed by atoms with Crippen LogP contribution in [0.4, 0.5) is 5.82 Å². The van der Waals surface area contributed by atoms with Crippen molar-refractivity contribution in [3.63, 3.8) is 0 Å². The van der Waals surface area contributed by atoms with E-state index >= 15 is 0 Å². The first-order valence-corrected chi connectivity index (χ1v) is 10.7. The van der Waals surface area contributed by atoms with Crippen molar-refractivity contribution in [1.29, 1.82) is 0 Å². The summed E-state index contributed by atoms with van der Waals surface area (Å²) in [5, 5.41) is 11.7. The van der Waals surface area contributed by atoms with E-state index in [1.165, 1.54) is 0 Å². The molecule has 0 bridgehead atoms. The van der Waals surface area contributed by atoms with Crippen molar-refractivity contribution in [1.82, 2.24) is 9.88 Å². The molecule has 6 heteroatoms. The number of fused-ring (bicyclic) bond motifs is 1. The van der Waals surface area contributed by atoms with Crippen molar-refractivity contribution < 1.29 is 9.90 Å². The van der Waals surface area contributed by atoms with Gasteiger partial charge in [0.05, 0.1) is 6.04 Å². The predicted octanol–water partition coefficient (Wildman–Crippen LogP) is 5.03. The molecule has 1 aliphatic heterocycles. The van der Waals surface area contributed by atoms with Crippen molar-refractivity contribution in [3.05, 3.63) is 65.2 Å². The minimum Gasteiger partial charge on any atom is -0.506 e. The van der Waals surface area contributed by atoms with Crippen molar-refractivity contribution in [3.8, 4) is 5.75 Å². The normalized spacial score (nSPS) is 15.9. The maximum absolute atomic E-state index is 13.1. The smallest absolute Gasteiger partial charge is 0.226 e. The second-order valence-corrected chi connectivity index (χ2v) is 8.33. The number of aromatic nitrogens is 1. The van der Waals surface area contributed by atoms with Crippen LogP contribution in [0.3, 0.4) is 0 Å². The zero-order valence-electron chi connectivity index (χ0n) is 17.3. The lowest BCUT2D eigenvalue weighted by Gasteiger charge is -2.35. The first-order chi connectivity index (χ1) is 14.5. The SMILES string of the molecule is C[C@H](c1ccccc1Cl)N(C)C(=O)C1CCN(c2ccc3cccc(O)c3n2)CC1. The molecule has 2 heterocycles. The highest BCUT2D eigenvalue weighted by molar-refractivity contribution is 6.31. The zero-order valence-corrected chi connectivity index (χ0v) is 18.0. The van der Waals surface area contributed by atoms with Gasteiger partial charge in [0.15, 0.2) is 0 Å². The topological polar surface area (TPSA) is 56.7 Å². The third-order valence-electron chi connectivity index (χ3n) is 6.14. The molecule has 0 unspecified atom stereocenters. The number of anilines is 1. The summed E-state index contributed by atoms with van der Waals surface area (Å²) in [5.41, 5.74) is 1.58. The molecule has 1 aliphatic rings. The highest BCUT2D eigenvalue weighted by atomic mass is 35.5. The Morgan fingerprint density at radius 3 is 2.60 bits per heavy atom. The lowest BCUT2D eigenvalue weighted by molar-refractivity contribution is -0.136. The average molecular weight is 424 g/mol. The summed E-state index contributed by atoms with van der Waals surface area (Å²) in [4.78, 5) is 21.8. The van der Waals surface area contributed by atoms with E-state index in [1.807, 2.05) is 67.4 Å². The van der Waals surface area contributed by atoms with Crippen LogP contribution in [0.25, 0.3) is 10.9 Å². The number of hydrogen-bond donors (Lipinski definition) is 1. The molecule has 0 saturated carbocycles. The number of carbonyl (C=O) groups excluding carboxylic acids is 1. The minimum atomic E-state index is -0.0747. The van der Waals surface area contributed by atoms with Gasteiger partial charge < -0.3 is 14.9 Å². The monoisotopic (exact) mass is 423 g/mol. The summed E-state index contributed by atoms with van der Waals surface area (Å²) in [6.07, 6.45) is 1.55. The third kappa shape index (κ3) is 3.94. The predicted molar refractivity (Wildman–Crippen MR) is 121 cm³/mol. The zero-order chi connectivity index (χ0) is 21.3. The Morgan fingerprint density at radius 1 is 1.13 bits per heavy atom.